The first kappa shape index (κ1) is 19.6. The van der Waals surface area contributed by atoms with E-state index in [-0.39, 0.29) is 17.9 Å². The van der Waals surface area contributed by atoms with E-state index in [1.165, 1.54) is 18.8 Å². The number of nitrogens with two attached hydrogens (primary N) is 1. The molecular formula is C16H17Cl2F2N3O2. The van der Waals surface area contributed by atoms with Crippen molar-refractivity contribution < 1.29 is 18.3 Å². The first-order valence-corrected chi connectivity index (χ1v) is 8.09. The molecule has 2 aromatic rings. The van der Waals surface area contributed by atoms with Crippen molar-refractivity contribution in [3.05, 3.63) is 50.8 Å². The fourth-order valence-corrected chi connectivity index (χ4v) is 3.31. The van der Waals surface area contributed by atoms with Gasteiger partial charge >= 0.3 is 0 Å². The third kappa shape index (κ3) is 4.29. The first-order valence-electron chi connectivity index (χ1n) is 7.33. The molecule has 0 saturated carbocycles. The van der Waals surface area contributed by atoms with E-state index in [1.54, 1.807) is 18.2 Å². The first-order chi connectivity index (χ1) is 11.8. The SMILES string of the molecule is COCC(Cc1ccc(Cl)cc1Cl)c1c(C(N)=O)c(C(F)F)nn1C. The van der Waals surface area contributed by atoms with Crippen LogP contribution in [0.25, 0.3) is 0 Å². The fourth-order valence-electron chi connectivity index (χ4n) is 2.82. The van der Waals surface area contributed by atoms with Crippen molar-refractivity contribution >= 4 is 29.1 Å². The second kappa shape index (κ2) is 8.12. The van der Waals surface area contributed by atoms with Crippen LogP contribution in [0.5, 0.6) is 0 Å². The predicted molar refractivity (Wildman–Crippen MR) is 91.5 cm³/mol. The Morgan fingerprint density at radius 2 is 2.08 bits per heavy atom. The van der Waals surface area contributed by atoms with Gasteiger partial charge in [-0.15, -0.1) is 0 Å². The lowest BCUT2D eigenvalue weighted by molar-refractivity contribution is 0.0982. The van der Waals surface area contributed by atoms with E-state index in [0.29, 0.717) is 16.5 Å². The summed E-state index contributed by atoms with van der Waals surface area (Å²) in [5.41, 5.74) is 5.46. The summed E-state index contributed by atoms with van der Waals surface area (Å²) in [5, 5.41) is 4.69. The molecule has 0 aliphatic carbocycles. The number of benzene rings is 1. The van der Waals surface area contributed by atoms with Crippen molar-refractivity contribution in [2.24, 2.45) is 12.8 Å². The van der Waals surface area contributed by atoms with Crippen molar-refractivity contribution in [2.75, 3.05) is 13.7 Å². The molecule has 0 aliphatic rings. The zero-order valence-corrected chi connectivity index (χ0v) is 15.1. The second-order valence-corrected chi connectivity index (χ2v) is 6.37. The van der Waals surface area contributed by atoms with Gasteiger partial charge in [0.05, 0.1) is 17.9 Å². The Hall–Kier alpha value is -1.70. The van der Waals surface area contributed by atoms with E-state index in [1.807, 2.05) is 0 Å². The molecule has 25 heavy (non-hydrogen) atoms. The van der Waals surface area contributed by atoms with Crippen LogP contribution in [0.1, 0.15) is 39.7 Å². The predicted octanol–water partition coefficient (Wildman–Crippen LogP) is 3.74. The maximum absolute atomic E-state index is 13.2. The molecule has 0 radical (unpaired) electrons. The zero-order valence-electron chi connectivity index (χ0n) is 13.6. The summed E-state index contributed by atoms with van der Waals surface area (Å²) < 4.78 is 32.9. The summed E-state index contributed by atoms with van der Waals surface area (Å²) in [4.78, 5) is 11.8. The summed E-state index contributed by atoms with van der Waals surface area (Å²) in [6.45, 7) is 0.168. The van der Waals surface area contributed by atoms with Crippen LogP contribution in [-0.4, -0.2) is 29.4 Å². The van der Waals surface area contributed by atoms with Gasteiger partial charge in [0.2, 0.25) is 0 Å². The average Bonchev–Trinajstić information content (AvgIpc) is 2.87. The Bertz CT molecular complexity index is 781. The fraction of sp³-hybridized carbons (Fsp3) is 0.375. The molecule has 2 rings (SSSR count). The number of amides is 1. The molecule has 1 aromatic heterocycles. The van der Waals surface area contributed by atoms with Gasteiger partial charge in [0.1, 0.15) is 5.69 Å². The van der Waals surface area contributed by atoms with Crippen LogP contribution in [0.3, 0.4) is 0 Å². The van der Waals surface area contributed by atoms with Gasteiger partial charge in [-0.25, -0.2) is 8.78 Å². The van der Waals surface area contributed by atoms with Crippen molar-refractivity contribution in [3.63, 3.8) is 0 Å². The van der Waals surface area contributed by atoms with Gasteiger partial charge < -0.3 is 10.5 Å². The van der Waals surface area contributed by atoms with Gasteiger partial charge in [0.15, 0.2) is 0 Å². The highest BCUT2D eigenvalue weighted by atomic mass is 35.5. The van der Waals surface area contributed by atoms with Crippen LogP contribution < -0.4 is 5.73 Å². The van der Waals surface area contributed by atoms with E-state index in [9.17, 15) is 13.6 Å². The lowest BCUT2D eigenvalue weighted by Gasteiger charge is -2.19. The van der Waals surface area contributed by atoms with E-state index in [2.05, 4.69) is 5.10 Å². The smallest absolute Gasteiger partial charge is 0.282 e. The molecule has 136 valence electrons. The quantitative estimate of drug-likeness (QED) is 0.781. The maximum atomic E-state index is 13.2. The molecule has 2 N–H and O–H groups in total. The number of carbonyl (C=O) groups is 1. The van der Waals surface area contributed by atoms with Crippen LogP contribution in [0.4, 0.5) is 8.78 Å². The van der Waals surface area contributed by atoms with Crippen LogP contribution in [0.2, 0.25) is 10.0 Å². The zero-order chi connectivity index (χ0) is 18.7. The summed E-state index contributed by atoms with van der Waals surface area (Å²) in [5.74, 6) is -1.40. The highest BCUT2D eigenvalue weighted by molar-refractivity contribution is 6.35. The molecule has 1 unspecified atom stereocenters. The minimum absolute atomic E-state index is 0.168. The van der Waals surface area contributed by atoms with Gasteiger partial charge in [0.25, 0.3) is 12.3 Å². The molecule has 1 aromatic carbocycles. The van der Waals surface area contributed by atoms with Crippen molar-refractivity contribution in [3.8, 4) is 0 Å². The molecule has 9 heteroatoms. The summed E-state index contributed by atoms with van der Waals surface area (Å²) >= 11 is 12.1. The topological polar surface area (TPSA) is 70.1 Å². The third-order valence-electron chi connectivity index (χ3n) is 3.81. The molecule has 1 amide bonds. The Labute approximate surface area is 153 Å². The molecule has 0 spiro atoms. The molecule has 5 nitrogen and oxygen atoms in total. The number of hydrogen-bond donors (Lipinski definition) is 1. The molecule has 1 heterocycles. The summed E-state index contributed by atoms with van der Waals surface area (Å²) in [7, 11) is 2.96. The van der Waals surface area contributed by atoms with Crippen LogP contribution >= 0.6 is 23.2 Å². The van der Waals surface area contributed by atoms with Crippen molar-refractivity contribution in [2.45, 2.75) is 18.8 Å². The Morgan fingerprint density at radius 1 is 1.40 bits per heavy atom. The van der Waals surface area contributed by atoms with Crippen LogP contribution in [0, 0.1) is 0 Å². The Morgan fingerprint density at radius 3 is 2.60 bits per heavy atom. The number of aromatic nitrogens is 2. The van der Waals surface area contributed by atoms with E-state index >= 15 is 0 Å². The largest absolute Gasteiger partial charge is 0.384 e. The normalized spacial score (nSPS) is 12.6. The molecule has 0 fully saturated rings. The number of alkyl halides is 2. The molecule has 0 saturated heterocycles. The second-order valence-electron chi connectivity index (χ2n) is 5.53. The number of hydrogen-bond acceptors (Lipinski definition) is 3. The lowest BCUT2D eigenvalue weighted by atomic mass is 9.93. The summed E-state index contributed by atoms with van der Waals surface area (Å²) in [6, 6.07) is 5.00. The average molecular weight is 392 g/mol. The Balaban J connectivity index is 2.51. The molecule has 0 aliphatic heterocycles. The minimum Gasteiger partial charge on any atom is -0.384 e. The maximum Gasteiger partial charge on any atom is 0.282 e. The molecule has 1 atom stereocenters. The van der Waals surface area contributed by atoms with E-state index < -0.39 is 23.9 Å². The summed E-state index contributed by atoms with van der Waals surface area (Å²) in [6.07, 6.45) is -2.57. The van der Waals surface area contributed by atoms with Crippen molar-refractivity contribution in [1.29, 1.82) is 0 Å². The van der Waals surface area contributed by atoms with Crippen LogP contribution in [0.15, 0.2) is 18.2 Å². The number of aryl methyl sites for hydroxylation is 1. The van der Waals surface area contributed by atoms with E-state index in [4.69, 9.17) is 33.7 Å². The number of ether oxygens (including phenoxy) is 1. The minimum atomic E-state index is -2.91. The van der Waals surface area contributed by atoms with Gasteiger partial charge in [-0.2, -0.15) is 5.10 Å². The lowest BCUT2D eigenvalue weighted by Crippen LogP contribution is -2.21. The van der Waals surface area contributed by atoms with Gasteiger partial charge in [-0.1, -0.05) is 29.3 Å². The highest BCUT2D eigenvalue weighted by Gasteiger charge is 2.31. The van der Waals surface area contributed by atoms with E-state index in [0.717, 1.165) is 5.56 Å². The van der Waals surface area contributed by atoms with Gasteiger partial charge in [-0.05, 0) is 24.1 Å². The number of nitrogens with zero attached hydrogens (tertiary/aromatic N) is 2. The third-order valence-corrected chi connectivity index (χ3v) is 4.39. The van der Waals surface area contributed by atoms with Crippen LogP contribution in [-0.2, 0) is 18.2 Å². The number of halogens is 4. The standard InChI is InChI=1S/C16H17Cl2F2N3O2/c1-23-14(12(16(21)24)13(22-23)15(19)20)9(7-25-2)5-8-3-4-10(17)6-11(8)18/h3-4,6,9,15H,5,7H2,1-2H3,(H2,21,24). The number of carbonyl (C=O) groups excluding carboxylic acids is 1. The number of rotatable bonds is 7. The monoisotopic (exact) mass is 391 g/mol. The van der Waals surface area contributed by atoms with Gasteiger partial charge in [-0.3, -0.25) is 9.48 Å². The highest BCUT2D eigenvalue weighted by Crippen LogP contribution is 2.32. The number of primary amides is 1. The Kier molecular flexibility index (Phi) is 6.37. The molecular weight excluding hydrogens is 375 g/mol. The van der Waals surface area contributed by atoms with Crippen molar-refractivity contribution in [1.82, 2.24) is 9.78 Å². The number of methoxy groups -OCH3 is 1. The van der Waals surface area contributed by atoms with Gasteiger partial charge in [0, 0.05) is 30.1 Å². The molecule has 0 bridgehead atoms.